The molecule has 1 unspecified atom stereocenters. The van der Waals surface area contributed by atoms with Crippen LogP contribution < -0.4 is 5.32 Å². The van der Waals surface area contributed by atoms with Gasteiger partial charge in [0.25, 0.3) is 0 Å². The first kappa shape index (κ1) is 12.6. The summed E-state index contributed by atoms with van der Waals surface area (Å²) in [5.41, 5.74) is 5.23. The van der Waals surface area contributed by atoms with Crippen molar-refractivity contribution < 1.29 is 0 Å². The first-order chi connectivity index (χ1) is 9.24. The maximum Gasteiger partial charge on any atom is 0.0458 e. The SMILES string of the molecule is Cc1ccc(Cl)c2c1NCC(Cc1ccccc1)C2. The van der Waals surface area contributed by atoms with E-state index in [4.69, 9.17) is 11.6 Å². The van der Waals surface area contributed by atoms with Crippen LogP contribution in [0.3, 0.4) is 0 Å². The Morgan fingerprint density at radius 1 is 1.16 bits per heavy atom. The van der Waals surface area contributed by atoms with Gasteiger partial charge >= 0.3 is 0 Å². The second kappa shape index (κ2) is 5.26. The smallest absolute Gasteiger partial charge is 0.0458 e. The number of nitrogens with one attached hydrogen (secondary N) is 1. The van der Waals surface area contributed by atoms with Crippen LogP contribution in [0.25, 0.3) is 0 Å². The van der Waals surface area contributed by atoms with Gasteiger partial charge in [-0.05, 0) is 48.4 Å². The predicted octanol–water partition coefficient (Wildman–Crippen LogP) is 4.48. The summed E-state index contributed by atoms with van der Waals surface area (Å²) in [4.78, 5) is 0. The highest BCUT2D eigenvalue weighted by atomic mass is 35.5. The molecule has 1 heterocycles. The Hall–Kier alpha value is -1.47. The van der Waals surface area contributed by atoms with Crippen LogP contribution in [0.1, 0.15) is 16.7 Å². The lowest BCUT2D eigenvalue weighted by molar-refractivity contribution is 0.535. The van der Waals surface area contributed by atoms with Crippen LogP contribution in [0.15, 0.2) is 42.5 Å². The van der Waals surface area contributed by atoms with Crippen LogP contribution >= 0.6 is 11.6 Å². The Bertz CT molecular complexity index is 577. The zero-order valence-corrected chi connectivity index (χ0v) is 11.9. The lowest BCUT2D eigenvalue weighted by Gasteiger charge is -2.28. The highest BCUT2D eigenvalue weighted by Gasteiger charge is 2.21. The van der Waals surface area contributed by atoms with E-state index in [2.05, 4.69) is 48.6 Å². The normalized spacial score (nSPS) is 17.7. The van der Waals surface area contributed by atoms with Gasteiger partial charge in [-0.15, -0.1) is 0 Å². The average molecular weight is 272 g/mol. The molecule has 0 aromatic heterocycles. The van der Waals surface area contributed by atoms with Crippen molar-refractivity contribution in [2.45, 2.75) is 19.8 Å². The van der Waals surface area contributed by atoms with Crippen molar-refractivity contribution >= 4 is 17.3 Å². The third-order valence-electron chi connectivity index (χ3n) is 3.89. The molecule has 1 atom stereocenters. The maximum atomic E-state index is 6.34. The summed E-state index contributed by atoms with van der Waals surface area (Å²) >= 11 is 6.34. The van der Waals surface area contributed by atoms with Crippen molar-refractivity contribution in [3.05, 3.63) is 64.2 Å². The molecule has 1 aliphatic heterocycles. The van der Waals surface area contributed by atoms with Crippen molar-refractivity contribution in [3.63, 3.8) is 0 Å². The molecule has 19 heavy (non-hydrogen) atoms. The zero-order valence-electron chi connectivity index (χ0n) is 11.1. The first-order valence-electron chi connectivity index (χ1n) is 6.80. The van der Waals surface area contributed by atoms with Gasteiger partial charge in [0.2, 0.25) is 0 Å². The number of aryl methyl sites for hydroxylation is 1. The monoisotopic (exact) mass is 271 g/mol. The summed E-state index contributed by atoms with van der Waals surface area (Å²) in [6.45, 7) is 3.17. The van der Waals surface area contributed by atoms with E-state index in [1.54, 1.807) is 0 Å². The number of halogens is 1. The summed E-state index contributed by atoms with van der Waals surface area (Å²) in [7, 11) is 0. The standard InChI is InChI=1S/C17H18ClN/c1-12-7-8-16(18)15-10-14(11-19-17(12)15)9-13-5-3-2-4-6-13/h2-8,14,19H,9-11H2,1H3. The summed E-state index contributed by atoms with van der Waals surface area (Å²) in [5, 5.41) is 4.45. The number of hydrogen-bond acceptors (Lipinski definition) is 1. The minimum absolute atomic E-state index is 0.620. The van der Waals surface area contributed by atoms with Crippen molar-refractivity contribution in [2.24, 2.45) is 5.92 Å². The molecule has 0 aliphatic carbocycles. The van der Waals surface area contributed by atoms with Crippen molar-refractivity contribution in [2.75, 3.05) is 11.9 Å². The Labute approximate surface area is 119 Å². The van der Waals surface area contributed by atoms with E-state index >= 15 is 0 Å². The molecule has 3 rings (SSSR count). The van der Waals surface area contributed by atoms with Crippen molar-refractivity contribution in [3.8, 4) is 0 Å². The molecule has 1 nitrogen and oxygen atoms in total. The van der Waals surface area contributed by atoms with Gasteiger partial charge in [-0.3, -0.25) is 0 Å². The van der Waals surface area contributed by atoms with Crippen LogP contribution in [0, 0.1) is 12.8 Å². The van der Waals surface area contributed by atoms with E-state index < -0.39 is 0 Å². The predicted molar refractivity (Wildman–Crippen MR) is 82.0 cm³/mol. The molecule has 1 aliphatic rings. The molecule has 2 aromatic rings. The summed E-state index contributed by atoms with van der Waals surface area (Å²) in [5.74, 6) is 0.620. The molecule has 0 saturated carbocycles. The lowest BCUT2D eigenvalue weighted by atomic mass is 9.88. The summed E-state index contributed by atoms with van der Waals surface area (Å²) in [6.07, 6.45) is 2.18. The molecule has 1 N–H and O–H groups in total. The van der Waals surface area contributed by atoms with E-state index in [9.17, 15) is 0 Å². The van der Waals surface area contributed by atoms with Gasteiger partial charge in [0.15, 0.2) is 0 Å². The molecule has 0 radical (unpaired) electrons. The Balaban J connectivity index is 1.81. The van der Waals surface area contributed by atoms with Crippen molar-refractivity contribution in [1.82, 2.24) is 0 Å². The fourth-order valence-corrected chi connectivity index (χ4v) is 3.12. The third kappa shape index (κ3) is 2.62. The number of rotatable bonds is 2. The second-order valence-corrected chi connectivity index (χ2v) is 5.77. The van der Waals surface area contributed by atoms with Gasteiger partial charge in [-0.25, -0.2) is 0 Å². The molecule has 2 heteroatoms. The van der Waals surface area contributed by atoms with Crippen LogP contribution in [0.2, 0.25) is 5.02 Å². The van der Waals surface area contributed by atoms with Gasteiger partial charge in [-0.1, -0.05) is 48.0 Å². The topological polar surface area (TPSA) is 12.0 Å². The highest BCUT2D eigenvalue weighted by molar-refractivity contribution is 6.31. The average Bonchev–Trinajstić information content (AvgIpc) is 2.44. The lowest BCUT2D eigenvalue weighted by Crippen LogP contribution is -2.25. The number of hydrogen-bond donors (Lipinski definition) is 1. The third-order valence-corrected chi connectivity index (χ3v) is 4.25. The first-order valence-corrected chi connectivity index (χ1v) is 7.17. The molecular formula is C17H18ClN. The molecule has 0 spiro atoms. The minimum Gasteiger partial charge on any atom is -0.384 e. The van der Waals surface area contributed by atoms with E-state index in [-0.39, 0.29) is 0 Å². The quantitative estimate of drug-likeness (QED) is 0.849. The Morgan fingerprint density at radius 2 is 1.95 bits per heavy atom. The highest BCUT2D eigenvalue weighted by Crippen LogP contribution is 2.34. The summed E-state index contributed by atoms with van der Waals surface area (Å²) in [6, 6.07) is 14.8. The van der Waals surface area contributed by atoms with Crippen LogP contribution in [0.5, 0.6) is 0 Å². The van der Waals surface area contributed by atoms with Crippen molar-refractivity contribution in [1.29, 1.82) is 0 Å². The van der Waals surface area contributed by atoms with E-state index in [0.29, 0.717) is 5.92 Å². The molecule has 98 valence electrons. The molecule has 0 bridgehead atoms. The molecule has 0 saturated heterocycles. The van der Waals surface area contributed by atoms with E-state index in [1.165, 1.54) is 22.4 Å². The molecule has 2 aromatic carbocycles. The Morgan fingerprint density at radius 3 is 2.74 bits per heavy atom. The minimum atomic E-state index is 0.620. The fourth-order valence-electron chi connectivity index (χ4n) is 2.88. The molecule has 0 amide bonds. The fraction of sp³-hybridized carbons (Fsp3) is 0.294. The molecular weight excluding hydrogens is 254 g/mol. The van der Waals surface area contributed by atoms with Gasteiger partial charge in [0, 0.05) is 17.3 Å². The van der Waals surface area contributed by atoms with Crippen LogP contribution in [0.4, 0.5) is 5.69 Å². The largest absolute Gasteiger partial charge is 0.384 e. The van der Waals surface area contributed by atoms with Crippen LogP contribution in [-0.4, -0.2) is 6.54 Å². The van der Waals surface area contributed by atoms with Crippen LogP contribution in [-0.2, 0) is 12.8 Å². The van der Waals surface area contributed by atoms with Gasteiger partial charge in [-0.2, -0.15) is 0 Å². The zero-order chi connectivity index (χ0) is 13.2. The Kier molecular flexibility index (Phi) is 3.48. The molecule has 0 fully saturated rings. The van der Waals surface area contributed by atoms with E-state index in [1.807, 2.05) is 6.07 Å². The van der Waals surface area contributed by atoms with Gasteiger partial charge in [0.05, 0.1) is 0 Å². The van der Waals surface area contributed by atoms with Gasteiger partial charge in [0.1, 0.15) is 0 Å². The number of anilines is 1. The van der Waals surface area contributed by atoms with E-state index in [0.717, 1.165) is 24.4 Å². The van der Waals surface area contributed by atoms with Gasteiger partial charge < -0.3 is 5.32 Å². The number of fused-ring (bicyclic) bond motifs is 1. The summed E-state index contributed by atoms with van der Waals surface area (Å²) < 4.78 is 0. The number of benzene rings is 2. The maximum absolute atomic E-state index is 6.34. The second-order valence-electron chi connectivity index (χ2n) is 5.36.